The number of carboxylic acid groups (broad SMARTS) is 1. The molecule has 0 saturated heterocycles. The summed E-state index contributed by atoms with van der Waals surface area (Å²) in [6.07, 6.45) is 4.54. The number of hydrogen-bond acceptors (Lipinski definition) is 4. The molecular weight excluding hydrogens is 218 g/mol. The summed E-state index contributed by atoms with van der Waals surface area (Å²) in [5.74, 6) is 0.468. The molecule has 1 aliphatic rings. The van der Waals surface area contributed by atoms with Gasteiger partial charge in [0.15, 0.2) is 5.82 Å². The Balaban J connectivity index is 2.03. The van der Waals surface area contributed by atoms with Crippen LogP contribution >= 0.6 is 0 Å². The molecule has 0 bridgehead atoms. The van der Waals surface area contributed by atoms with Crippen LogP contribution in [-0.2, 0) is 4.79 Å². The quantitative estimate of drug-likeness (QED) is 0.849. The first-order valence-electron chi connectivity index (χ1n) is 5.74. The molecule has 0 unspecified atom stereocenters. The topological polar surface area (TPSA) is 75.4 Å². The van der Waals surface area contributed by atoms with Crippen molar-refractivity contribution in [2.45, 2.75) is 32.6 Å². The van der Waals surface area contributed by atoms with Crippen molar-refractivity contribution >= 4 is 17.5 Å². The lowest BCUT2D eigenvalue weighted by molar-refractivity contribution is -0.142. The minimum atomic E-state index is -0.693. The van der Waals surface area contributed by atoms with Crippen LogP contribution in [0.5, 0.6) is 0 Å². The highest BCUT2D eigenvalue weighted by atomic mass is 16.4. The van der Waals surface area contributed by atoms with E-state index in [1.807, 2.05) is 6.92 Å². The van der Waals surface area contributed by atoms with E-state index in [2.05, 4.69) is 15.0 Å². The van der Waals surface area contributed by atoms with E-state index in [-0.39, 0.29) is 5.92 Å². The predicted octanol–water partition coefficient (Wildman–Crippen LogP) is 2.13. The molecule has 1 fully saturated rings. The van der Waals surface area contributed by atoms with E-state index in [4.69, 9.17) is 5.11 Å². The van der Waals surface area contributed by atoms with E-state index >= 15 is 0 Å². The van der Waals surface area contributed by atoms with Gasteiger partial charge in [-0.1, -0.05) is 0 Å². The van der Waals surface area contributed by atoms with Crippen LogP contribution in [-0.4, -0.2) is 26.8 Å². The molecule has 0 aliphatic heterocycles. The van der Waals surface area contributed by atoms with E-state index in [1.165, 1.54) is 0 Å². The highest BCUT2D eigenvalue weighted by Gasteiger charge is 2.23. The average molecular weight is 233 g/mol. The van der Waals surface area contributed by atoms with Gasteiger partial charge in [-0.2, -0.15) is 0 Å². The van der Waals surface area contributed by atoms with Crippen LogP contribution in [0.3, 0.4) is 0 Å². The standard InChI is InChI=1S/C12H15N3O2/c1-8-13-7-6-11(14-8)15-10-4-2-9(3-5-10)12(16)17/h6-7,9H,2-5H2,1H3,(H,16,17). The molecule has 1 aromatic heterocycles. The van der Waals surface area contributed by atoms with E-state index in [9.17, 15) is 4.79 Å². The molecule has 1 saturated carbocycles. The average Bonchev–Trinajstić information content (AvgIpc) is 2.29. The fraction of sp³-hybridized carbons (Fsp3) is 0.500. The Morgan fingerprint density at radius 2 is 2.18 bits per heavy atom. The Kier molecular flexibility index (Phi) is 3.46. The van der Waals surface area contributed by atoms with E-state index in [0.29, 0.717) is 24.5 Å². The summed E-state index contributed by atoms with van der Waals surface area (Å²) in [5, 5.41) is 8.89. The van der Waals surface area contributed by atoms with Crippen LogP contribution in [0.15, 0.2) is 17.3 Å². The van der Waals surface area contributed by atoms with Gasteiger partial charge in [0.05, 0.1) is 5.92 Å². The third kappa shape index (κ3) is 3.09. The van der Waals surface area contributed by atoms with Gasteiger partial charge in [-0.15, -0.1) is 0 Å². The number of aromatic nitrogens is 2. The summed E-state index contributed by atoms with van der Waals surface area (Å²) in [6.45, 7) is 1.82. The molecule has 0 atom stereocenters. The summed E-state index contributed by atoms with van der Waals surface area (Å²) < 4.78 is 0. The number of carboxylic acids is 1. The zero-order chi connectivity index (χ0) is 12.3. The van der Waals surface area contributed by atoms with E-state index in [1.54, 1.807) is 12.3 Å². The molecule has 1 heterocycles. The Hall–Kier alpha value is -1.78. The van der Waals surface area contributed by atoms with Gasteiger partial charge in [-0.3, -0.25) is 4.79 Å². The Labute approximate surface area is 99.6 Å². The van der Waals surface area contributed by atoms with Gasteiger partial charge in [0.25, 0.3) is 0 Å². The molecule has 2 rings (SSSR count). The van der Waals surface area contributed by atoms with E-state index in [0.717, 1.165) is 18.6 Å². The van der Waals surface area contributed by atoms with Crippen molar-refractivity contribution in [3.8, 4) is 0 Å². The number of hydrogen-bond donors (Lipinski definition) is 1. The molecular formula is C12H15N3O2. The lowest BCUT2D eigenvalue weighted by Gasteiger charge is -2.19. The van der Waals surface area contributed by atoms with Crippen molar-refractivity contribution in [1.82, 2.24) is 9.97 Å². The van der Waals surface area contributed by atoms with Crippen molar-refractivity contribution in [3.05, 3.63) is 18.1 Å². The second kappa shape index (κ2) is 5.03. The molecule has 0 radical (unpaired) electrons. The monoisotopic (exact) mass is 233 g/mol. The molecule has 5 heteroatoms. The molecule has 90 valence electrons. The van der Waals surface area contributed by atoms with Gasteiger partial charge in [-0.05, 0) is 32.6 Å². The van der Waals surface area contributed by atoms with Crippen LogP contribution in [0.2, 0.25) is 0 Å². The maximum atomic E-state index is 10.8. The maximum Gasteiger partial charge on any atom is 0.306 e. The second-order valence-electron chi connectivity index (χ2n) is 4.25. The van der Waals surface area contributed by atoms with Crippen molar-refractivity contribution < 1.29 is 9.90 Å². The highest BCUT2D eigenvalue weighted by Crippen LogP contribution is 2.24. The van der Waals surface area contributed by atoms with Gasteiger partial charge >= 0.3 is 5.97 Å². The number of aliphatic imine (C=N–C) groups is 1. The Morgan fingerprint density at radius 3 is 2.76 bits per heavy atom. The van der Waals surface area contributed by atoms with Gasteiger partial charge in [0, 0.05) is 18.0 Å². The number of aryl methyl sites for hydroxylation is 1. The van der Waals surface area contributed by atoms with Crippen LogP contribution in [0.4, 0.5) is 5.82 Å². The molecule has 1 aliphatic carbocycles. The minimum Gasteiger partial charge on any atom is -0.481 e. The highest BCUT2D eigenvalue weighted by molar-refractivity contribution is 5.88. The molecule has 0 aromatic carbocycles. The lowest BCUT2D eigenvalue weighted by atomic mass is 9.88. The SMILES string of the molecule is Cc1nccc(N=C2CCC(C(=O)O)CC2)n1. The fourth-order valence-electron chi connectivity index (χ4n) is 1.98. The maximum absolute atomic E-state index is 10.8. The first kappa shape index (κ1) is 11.7. The van der Waals surface area contributed by atoms with Crippen LogP contribution in [0.25, 0.3) is 0 Å². The third-order valence-electron chi connectivity index (χ3n) is 2.95. The summed E-state index contributed by atoms with van der Waals surface area (Å²) in [5.41, 5.74) is 1.04. The smallest absolute Gasteiger partial charge is 0.306 e. The van der Waals surface area contributed by atoms with Gasteiger partial charge in [-0.25, -0.2) is 15.0 Å². The molecule has 0 spiro atoms. The van der Waals surface area contributed by atoms with Crippen LogP contribution in [0, 0.1) is 12.8 Å². The molecule has 0 amide bonds. The number of rotatable bonds is 2. The number of aliphatic carboxylic acids is 1. The van der Waals surface area contributed by atoms with Crippen molar-refractivity contribution in [2.75, 3.05) is 0 Å². The minimum absolute atomic E-state index is 0.207. The van der Waals surface area contributed by atoms with Crippen molar-refractivity contribution in [3.63, 3.8) is 0 Å². The number of carbonyl (C=O) groups is 1. The zero-order valence-corrected chi connectivity index (χ0v) is 9.76. The Bertz CT molecular complexity index is 447. The molecule has 5 nitrogen and oxygen atoms in total. The first-order valence-corrected chi connectivity index (χ1v) is 5.74. The normalized spacial score (nSPS) is 20.1. The zero-order valence-electron chi connectivity index (χ0n) is 9.76. The van der Waals surface area contributed by atoms with Crippen molar-refractivity contribution in [2.24, 2.45) is 10.9 Å². The van der Waals surface area contributed by atoms with Gasteiger partial charge in [0.2, 0.25) is 0 Å². The van der Waals surface area contributed by atoms with Gasteiger partial charge in [0.1, 0.15) is 5.82 Å². The Morgan fingerprint density at radius 1 is 1.47 bits per heavy atom. The van der Waals surface area contributed by atoms with Gasteiger partial charge < -0.3 is 5.11 Å². The molecule has 17 heavy (non-hydrogen) atoms. The number of nitrogens with zero attached hydrogens (tertiary/aromatic N) is 3. The summed E-state index contributed by atoms with van der Waals surface area (Å²) in [4.78, 5) is 23.5. The lowest BCUT2D eigenvalue weighted by Crippen LogP contribution is -2.21. The third-order valence-corrected chi connectivity index (χ3v) is 2.95. The van der Waals surface area contributed by atoms with Crippen LogP contribution < -0.4 is 0 Å². The fourth-order valence-corrected chi connectivity index (χ4v) is 1.98. The first-order chi connectivity index (χ1) is 8.15. The molecule has 1 aromatic rings. The summed E-state index contributed by atoms with van der Waals surface area (Å²) in [7, 11) is 0. The molecule has 1 N–H and O–H groups in total. The predicted molar refractivity (Wildman–Crippen MR) is 63.5 cm³/mol. The largest absolute Gasteiger partial charge is 0.481 e. The van der Waals surface area contributed by atoms with Crippen molar-refractivity contribution in [1.29, 1.82) is 0 Å². The van der Waals surface area contributed by atoms with E-state index < -0.39 is 5.97 Å². The van der Waals surface area contributed by atoms with Crippen LogP contribution in [0.1, 0.15) is 31.5 Å². The second-order valence-corrected chi connectivity index (χ2v) is 4.25. The summed E-state index contributed by atoms with van der Waals surface area (Å²) in [6, 6.07) is 1.77. The summed E-state index contributed by atoms with van der Waals surface area (Å²) >= 11 is 0.